The van der Waals surface area contributed by atoms with Crippen molar-refractivity contribution in [3.63, 3.8) is 0 Å². The molecule has 8 nitrogen and oxygen atoms in total. The number of urea groups is 1. The van der Waals surface area contributed by atoms with Crippen LogP contribution >= 0.6 is 0 Å². The van der Waals surface area contributed by atoms with Crippen LogP contribution in [0.2, 0.25) is 0 Å². The average Bonchev–Trinajstić information content (AvgIpc) is 3.33. The van der Waals surface area contributed by atoms with Gasteiger partial charge in [0.15, 0.2) is 0 Å². The lowest BCUT2D eigenvalue weighted by atomic mass is 9.92. The Kier molecular flexibility index (Phi) is 4.13. The smallest absolute Gasteiger partial charge is 0.325 e. The van der Waals surface area contributed by atoms with Gasteiger partial charge in [0.2, 0.25) is 11.8 Å². The van der Waals surface area contributed by atoms with Gasteiger partial charge in [-0.05, 0) is 36.8 Å². The van der Waals surface area contributed by atoms with Crippen molar-refractivity contribution < 1.29 is 19.2 Å². The van der Waals surface area contributed by atoms with E-state index in [0.29, 0.717) is 12.8 Å². The molecule has 3 aliphatic rings. The first-order chi connectivity index (χ1) is 12.9. The highest BCUT2D eigenvalue weighted by atomic mass is 16.2. The number of carbonyl (C=O) groups is 4. The summed E-state index contributed by atoms with van der Waals surface area (Å²) in [6, 6.07) is 7.19. The largest absolute Gasteiger partial charge is 0.352 e. The van der Waals surface area contributed by atoms with Crippen molar-refractivity contribution in [3.05, 3.63) is 35.4 Å². The van der Waals surface area contributed by atoms with Crippen LogP contribution in [0.1, 0.15) is 30.4 Å². The minimum atomic E-state index is -1.07. The van der Waals surface area contributed by atoms with Crippen LogP contribution in [-0.2, 0) is 26.3 Å². The number of amides is 5. The van der Waals surface area contributed by atoms with E-state index in [1.165, 1.54) is 11.9 Å². The fourth-order valence-electron chi connectivity index (χ4n) is 3.79. The molecule has 1 saturated heterocycles. The Balaban J connectivity index is 1.44. The standard InChI is InChI=1S/C19H22N4O4/c1-22(10-15(24)20-13-6-7-13)16(25)11-23-17(26)19(21-18(23)27)9-8-12-4-2-3-5-14(12)19/h2-5,13H,6-11H2,1H3,(H,20,24)(H,21,27)/t19-/m1/s1. The maximum atomic E-state index is 13.0. The minimum Gasteiger partial charge on any atom is -0.352 e. The minimum absolute atomic E-state index is 0.0903. The summed E-state index contributed by atoms with van der Waals surface area (Å²) in [5.41, 5.74) is 0.763. The number of likely N-dealkylation sites (N-methyl/N-ethyl adjacent to an activating group) is 1. The van der Waals surface area contributed by atoms with Crippen molar-refractivity contribution >= 4 is 23.8 Å². The van der Waals surface area contributed by atoms with E-state index in [1.807, 2.05) is 24.3 Å². The molecule has 1 aromatic carbocycles. The second-order valence-electron chi connectivity index (χ2n) is 7.48. The van der Waals surface area contributed by atoms with Crippen LogP contribution in [0, 0.1) is 0 Å². The molecule has 1 saturated carbocycles. The van der Waals surface area contributed by atoms with Crippen molar-refractivity contribution in [3.8, 4) is 0 Å². The molecule has 8 heteroatoms. The van der Waals surface area contributed by atoms with Crippen molar-refractivity contribution in [2.75, 3.05) is 20.1 Å². The molecular formula is C19H22N4O4. The van der Waals surface area contributed by atoms with Gasteiger partial charge in [-0.2, -0.15) is 0 Å². The Labute approximate surface area is 156 Å². The summed E-state index contributed by atoms with van der Waals surface area (Å²) < 4.78 is 0. The lowest BCUT2D eigenvalue weighted by molar-refractivity contribution is -0.139. The molecule has 27 heavy (non-hydrogen) atoms. The molecule has 1 heterocycles. The lowest BCUT2D eigenvalue weighted by Crippen LogP contribution is -2.46. The summed E-state index contributed by atoms with van der Waals surface area (Å²) in [6.07, 6.45) is 3.12. The maximum absolute atomic E-state index is 13.0. The normalized spacial score (nSPS) is 23.4. The zero-order chi connectivity index (χ0) is 19.2. The van der Waals surface area contributed by atoms with E-state index in [-0.39, 0.29) is 25.0 Å². The monoisotopic (exact) mass is 370 g/mol. The summed E-state index contributed by atoms with van der Waals surface area (Å²) in [5.74, 6) is -1.08. The Bertz CT molecular complexity index is 835. The van der Waals surface area contributed by atoms with E-state index in [0.717, 1.165) is 28.9 Å². The van der Waals surface area contributed by atoms with Crippen LogP contribution in [0.3, 0.4) is 0 Å². The lowest BCUT2D eigenvalue weighted by Gasteiger charge is -2.23. The second kappa shape index (κ2) is 6.37. The molecule has 1 spiro atoms. The maximum Gasteiger partial charge on any atom is 0.325 e. The second-order valence-corrected chi connectivity index (χ2v) is 7.48. The number of aryl methyl sites for hydroxylation is 1. The van der Waals surface area contributed by atoms with Crippen LogP contribution in [0.15, 0.2) is 24.3 Å². The molecule has 0 aromatic heterocycles. The Morgan fingerprint density at radius 2 is 2.04 bits per heavy atom. The molecule has 2 N–H and O–H groups in total. The first kappa shape index (κ1) is 17.5. The third-order valence-electron chi connectivity index (χ3n) is 5.46. The Hall–Kier alpha value is -2.90. The summed E-state index contributed by atoms with van der Waals surface area (Å²) >= 11 is 0. The quantitative estimate of drug-likeness (QED) is 0.719. The zero-order valence-electron chi connectivity index (χ0n) is 15.2. The van der Waals surface area contributed by atoms with Crippen molar-refractivity contribution in [2.45, 2.75) is 37.3 Å². The topological polar surface area (TPSA) is 98.8 Å². The van der Waals surface area contributed by atoms with E-state index in [9.17, 15) is 19.2 Å². The third-order valence-corrected chi connectivity index (χ3v) is 5.46. The van der Waals surface area contributed by atoms with Crippen LogP contribution in [-0.4, -0.2) is 59.7 Å². The highest BCUT2D eigenvalue weighted by molar-refractivity contribution is 6.10. The van der Waals surface area contributed by atoms with E-state index < -0.39 is 23.4 Å². The average molecular weight is 370 g/mol. The van der Waals surface area contributed by atoms with Gasteiger partial charge in [0.25, 0.3) is 5.91 Å². The summed E-state index contributed by atoms with van der Waals surface area (Å²) in [4.78, 5) is 52.0. The van der Waals surface area contributed by atoms with Crippen molar-refractivity contribution in [1.29, 1.82) is 0 Å². The van der Waals surface area contributed by atoms with Gasteiger partial charge >= 0.3 is 6.03 Å². The number of benzene rings is 1. The number of fused-ring (bicyclic) bond motifs is 2. The number of carbonyl (C=O) groups excluding carboxylic acids is 4. The molecule has 4 rings (SSSR count). The van der Waals surface area contributed by atoms with Crippen LogP contribution in [0.25, 0.3) is 0 Å². The van der Waals surface area contributed by atoms with Gasteiger partial charge in [-0.15, -0.1) is 0 Å². The molecule has 1 aromatic rings. The molecule has 142 valence electrons. The first-order valence-electron chi connectivity index (χ1n) is 9.16. The van der Waals surface area contributed by atoms with Gasteiger partial charge in [-0.1, -0.05) is 24.3 Å². The molecule has 1 atom stereocenters. The molecule has 0 radical (unpaired) electrons. The summed E-state index contributed by atoms with van der Waals surface area (Å²) in [7, 11) is 1.49. The van der Waals surface area contributed by atoms with Crippen molar-refractivity contribution in [1.82, 2.24) is 20.4 Å². The van der Waals surface area contributed by atoms with E-state index in [4.69, 9.17) is 0 Å². The Morgan fingerprint density at radius 3 is 2.78 bits per heavy atom. The molecule has 5 amide bonds. The van der Waals surface area contributed by atoms with E-state index in [2.05, 4.69) is 10.6 Å². The number of hydrogen-bond donors (Lipinski definition) is 2. The van der Waals surface area contributed by atoms with Crippen LogP contribution in [0.5, 0.6) is 0 Å². The predicted octanol–water partition coefficient (Wildman–Crippen LogP) is 0.117. The summed E-state index contributed by atoms with van der Waals surface area (Å²) in [5, 5.41) is 5.60. The number of nitrogens with one attached hydrogen (secondary N) is 2. The van der Waals surface area contributed by atoms with Gasteiger partial charge in [-0.3, -0.25) is 19.3 Å². The molecule has 1 aliphatic heterocycles. The summed E-state index contributed by atoms with van der Waals surface area (Å²) in [6.45, 7) is -0.464. The molecular weight excluding hydrogens is 348 g/mol. The van der Waals surface area contributed by atoms with Crippen molar-refractivity contribution in [2.24, 2.45) is 0 Å². The number of imide groups is 1. The van der Waals surface area contributed by atoms with Gasteiger partial charge in [0, 0.05) is 13.1 Å². The van der Waals surface area contributed by atoms with Gasteiger partial charge in [0.1, 0.15) is 12.1 Å². The highest BCUT2D eigenvalue weighted by Gasteiger charge is 2.55. The molecule has 0 unspecified atom stereocenters. The number of hydrogen-bond acceptors (Lipinski definition) is 4. The zero-order valence-corrected chi connectivity index (χ0v) is 15.2. The first-order valence-corrected chi connectivity index (χ1v) is 9.16. The fraction of sp³-hybridized carbons (Fsp3) is 0.474. The van der Waals surface area contributed by atoms with E-state index in [1.54, 1.807) is 0 Å². The highest BCUT2D eigenvalue weighted by Crippen LogP contribution is 2.41. The molecule has 2 fully saturated rings. The number of nitrogens with zero attached hydrogens (tertiary/aromatic N) is 2. The van der Waals surface area contributed by atoms with Crippen LogP contribution < -0.4 is 10.6 Å². The predicted molar refractivity (Wildman–Crippen MR) is 95.5 cm³/mol. The fourth-order valence-corrected chi connectivity index (χ4v) is 3.79. The molecule has 2 aliphatic carbocycles. The van der Waals surface area contributed by atoms with Gasteiger partial charge in [0.05, 0.1) is 6.54 Å². The third kappa shape index (κ3) is 3.05. The molecule has 0 bridgehead atoms. The number of rotatable bonds is 5. The SMILES string of the molecule is CN(CC(=O)NC1CC1)C(=O)CN1C(=O)N[C@@]2(CCc3ccccc32)C1=O. The van der Waals surface area contributed by atoms with Gasteiger partial charge in [-0.25, -0.2) is 4.79 Å². The van der Waals surface area contributed by atoms with Gasteiger partial charge < -0.3 is 15.5 Å². The van der Waals surface area contributed by atoms with Crippen LogP contribution in [0.4, 0.5) is 4.79 Å². The Morgan fingerprint density at radius 1 is 1.30 bits per heavy atom. The van der Waals surface area contributed by atoms with E-state index >= 15 is 0 Å².